The average Bonchev–Trinajstić information content (AvgIpc) is 3.13. The molecular formula is C16H24N4OS. The van der Waals surface area contributed by atoms with Crippen LogP contribution < -0.4 is 10.6 Å². The van der Waals surface area contributed by atoms with E-state index < -0.39 is 0 Å². The van der Waals surface area contributed by atoms with Gasteiger partial charge in [-0.15, -0.1) is 11.3 Å². The first-order chi connectivity index (χ1) is 10.5. The van der Waals surface area contributed by atoms with E-state index >= 15 is 0 Å². The third-order valence-electron chi connectivity index (χ3n) is 3.17. The predicted molar refractivity (Wildman–Crippen MR) is 91.4 cm³/mol. The summed E-state index contributed by atoms with van der Waals surface area (Å²) in [5, 5.41) is 8.60. The first-order valence-corrected chi connectivity index (χ1v) is 8.29. The Morgan fingerprint density at radius 3 is 2.77 bits per heavy atom. The van der Waals surface area contributed by atoms with Crippen molar-refractivity contribution >= 4 is 17.3 Å². The van der Waals surface area contributed by atoms with Gasteiger partial charge in [-0.2, -0.15) is 0 Å². The molecule has 120 valence electrons. The topological polar surface area (TPSA) is 62.5 Å². The van der Waals surface area contributed by atoms with Crippen LogP contribution in [0.4, 0.5) is 0 Å². The number of thiophene rings is 1. The minimum absolute atomic E-state index is 0.0219. The van der Waals surface area contributed by atoms with Gasteiger partial charge in [0.2, 0.25) is 5.89 Å². The second kappa shape index (κ2) is 7.45. The van der Waals surface area contributed by atoms with Crippen LogP contribution in [0.5, 0.6) is 0 Å². The van der Waals surface area contributed by atoms with Gasteiger partial charge < -0.3 is 15.1 Å². The van der Waals surface area contributed by atoms with Crippen molar-refractivity contribution in [2.75, 3.05) is 13.6 Å². The number of guanidine groups is 1. The Hall–Kier alpha value is -1.82. The quantitative estimate of drug-likeness (QED) is 0.657. The monoisotopic (exact) mass is 320 g/mol. The summed E-state index contributed by atoms with van der Waals surface area (Å²) in [5.41, 5.74) is -0.0219. The van der Waals surface area contributed by atoms with Crippen LogP contribution in [0.2, 0.25) is 0 Å². The number of rotatable bonds is 5. The normalized spacial score (nSPS) is 12.5. The SMILES string of the molecule is CN=C(NCCc1cccs1)NCc1ncc(C(C)(C)C)o1. The second-order valence-electron chi connectivity index (χ2n) is 6.05. The number of hydrogen-bond donors (Lipinski definition) is 2. The molecule has 0 bridgehead atoms. The Balaban J connectivity index is 1.77. The van der Waals surface area contributed by atoms with Crippen molar-refractivity contribution in [1.29, 1.82) is 0 Å². The number of hydrogen-bond acceptors (Lipinski definition) is 4. The molecule has 2 aromatic heterocycles. The highest BCUT2D eigenvalue weighted by Gasteiger charge is 2.19. The highest BCUT2D eigenvalue weighted by molar-refractivity contribution is 7.09. The molecule has 5 nitrogen and oxygen atoms in total. The Morgan fingerprint density at radius 1 is 1.36 bits per heavy atom. The van der Waals surface area contributed by atoms with E-state index in [9.17, 15) is 0 Å². The van der Waals surface area contributed by atoms with E-state index in [1.165, 1.54) is 4.88 Å². The largest absolute Gasteiger partial charge is 0.443 e. The summed E-state index contributed by atoms with van der Waals surface area (Å²) in [5.74, 6) is 2.32. The molecule has 2 N–H and O–H groups in total. The zero-order chi connectivity index (χ0) is 16.0. The Morgan fingerprint density at radius 2 is 2.18 bits per heavy atom. The van der Waals surface area contributed by atoms with Gasteiger partial charge in [0.25, 0.3) is 0 Å². The molecule has 0 atom stereocenters. The molecule has 2 aromatic rings. The maximum Gasteiger partial charge on any atom is 0.213 e. The van der Waals surface area contributed by atoms with Crippen molar-refractivity contribution < 1.29 is 4.42 Å². The van der Waals surface area contributed by atoms with Crippen LogP contribution in [-0.4, -0.2) is 24.5 Å². The van der Waals surface area contributed by atoms with Crippen LogP contribution in [0.15, 0.2) is 33.1 Å². The molecule has 0 aliphatic carbocycles. The smallest absolute Gasteiger partial charge is 0.213 e. The average molecular weight is 320 g/mol. The first kappa shape index (κ1) is 16.5. The van der Waals surface area contributed by atoms with E-state index in [2.05, 4.69) is 58.9 Å². The van der Waals surface area contributed by atoms with Crippen molar-refractivity contribution in [2.45, 2.75) is 39.2 Å². The molecule has 0 aromatic carbocycles. The fourth-order valence-electron chi connectivity index (χ4n) is 1.88. The van der Waals surface area contributed by atoms with Gasteiger partial charge in [0.1, 0.15) is 5.76 Å². The summed E-state index contributed by atoms with van der Waals surface area (Å²) in [6.07, 6.45) is 2.79. The fourth-order valence-corrected chi connectivity index (χ4v) is 2.59. The van der Waals surface area contributed by atoms with Crippen molar-refractivity contribution in [3.05, 3.63) is 40.2 Å². The lowest BCUT2D eigenvalue weighted by Gasteiger charge is -2.13. The summed E-state index contributed by atoms with van der Waals surface area (Å²) in [6.45, 7) is 7.69. The molecule has 0 radical (unpaired) electrons. The molecule has 0 saturated carbocycles. The van der Waals surface area contributed by atoms with Gasteiger partial charge in [-0.1, -0.05) is 26.8 Å². The van der Waals surface area contributed by atoms with E-state index in [0.29, 0.717) is 12.4 Å². The highest BCUT2D eigenvalue weighted by atomic mass is 32.1. The Bertz CT molecular complexity index is 596. The van der Waals surface area contributed by atoms with E-state index in [-0.39, 0.29) is 5.41 Å². The maximum absolute atomic E-state index is 5.75. The lowest BCUT2D eigenvalue weighted by atomic mass is 9.94. The van der Waals surface area contributed by atoms with Gasteiger partial charge in [-0.05, 0) is 17.9 Å². The van der Waals surface area contributed by atoms with E-state index in [1.54, 1.807) is 24.6 Å². The van der Waals surface area contributed by atoms with Gasteiger partial charge in [0.15, 0.2) is 5.96 Å². The van der Waals surface area contributed by atoms with Crippen LogP contribution >= 0.6 is 11.3 Å². The molecule has 0 unspecified atom stereocenters. The third kappa shape index (κ3) is 4.87. The summed E-state index contributed by atoms with van der Waals surface area (Å²) in [7, 11) is 1.76. The van der Waals surface area contributed by atoms with Crippen LogP contribution in [0.1, 0.15) is 37.3 Å². The number of aromatic nitrogens is 1. The Labute approximate surface area is 135 Å². The fraction of sp³-hybridized carbons (Fsp3) is 0.500. The molecule has 0 aliphatic rings. The third-order valence-corrected chi connectivity index (χ3v) is 4.10. The molecule has 22 heavy (non-hydrogen) atoms. The number of oxazole rings is 1. The molecule has 0 fully saturated rings. The van der Waals surface area contributed by atoms with E-state index in [1.807, 2.05) is 0 Å². The number of aliphatic imine (C=N–C) groups is 1. The van der Waals surface area contributed by atoms with Crippen LogP contribution in [-0.2, 0) is 18.4 Å². The van der Waals surface area contributed by atoms with Gasteiger partial charge in [0, 0.05) is 23.9 Å². The molecule has 0 aliphatic heterocycles. The molecule has 0 amide bonds. The molecule has 2 rings (SSSR count). The zero-order valence-electron chi connectivity index (χ0n) is 13.6. The van der Waals surface area contributed by atoms with E-state index in [0.717, 1.165) is 24.7 Å². The minimum atomic E-state index is -0.0219. The number of nitrogens with zero attached hydrogens (tertiary/aromatic N) is 2. The van der Waals surface area contributed by atoms with Gasteiger partial charge in [0.05, 0.1) is 12.7 Å². The van der Waals surface area contributed by atoms with Crippen LogP contribution in [0.3, 0.4) is 0 Å². The standard InChI is InChI=1S/C16H24N4OS/c1-16(2,3)13-10-19-14(21-13)11-20-15(17-4)18-8-7-12-6-5-9-22-12/h5-6,9-10H,7-8,11H2,1-4H3,(H2,17,18,20). The van der Waals surface area contributed by atoms with Crippen molar-refractivity contribution in [3.8, 4) is 0 Å². The van der Waals surface area contributed by atoms with Gasteiger partial charge in [-0.25, -0.2) is 4.98 Å². The zero-order valence-corrected chi connectivity index (χ0v) is 14.5. The predicted octanol–water partition coefficient (Wildman–Crippen LogP) is 2.94. The van der Waals surface area contributed by atoms with E-state index in [4.69, 9.17) is 4.42 Å². The lowest BCUT2D eigenvalue weighted by molar-refractivity contribution is 0.379. The summed E-state index contributed by atoms with van der Waals surface area (Å²) in [4.78, 5) is 9.87. The second-order valence-corrected chi connectivity index (χ2v) is 7.08. The van der Waals surface area contributed by atoms with Crippen LogP contribution in [0, 0.1) is 0 Å². The van der Waals surface area contributed by atoms with Gasteiger partial charge >= 0.3 is 0 Å². The highest BCUT2D eigenvalue weighted by Crippen LogP contribution is 2.22. The summed E-state index contributed by atoms with van der Waals surface area (Å²) < 4.78 is 5.75. The molecule has 0 spiro atoms. The van der Waals surface area contributed by atoms with Crippen molar-refractivity contribution in [3.63, 3.8) is 0 Å². The summed E-state index contributed by atoms with van der Waals surface area (Å²) >= 11 is 1.77. The Kier molecular flexibility index (Phi) is 5.60. The molecular weight excluding hydrogens is 296 g/mol. The summed E-state index contributed by atoms with van der Waals surface area (Å²) in [6, 6.07) is 4.21. The van der Waals surface area contributed by atoms with Crippen LogP contribution in [0.25, 0.3) is 0 Å². The molecule has 6 heteroatoms. The first-order valence-electron chi connectivity index (χ1n) is 7.41. The molecule has 2 heterocycles. The minimum Gasteiger partial charge on any atom is -0.443 e. The number of nitrogens with one attached hydrogen (secondary N) is 2. The van der Waals surface area contributed by atoms with Crippen molar-refractivity contribution in [2.24, 2.45) is 4.99 Å². The lowest BCUT2D eigenvalue weighted by Crippen LogP contribution is -2.37. The van der Waals surface area contributed by atoms with Gasteiger partial charge in [-0.3, -0.25) is 4.99 Å². The van der Waals surface area contributed by atoms with Crippen molar-refractivity contribution in [1.82, 2.24) is 15.6 Å². The maximum atomic E-state index is 5.75. The molecule has 0 saturated heterocycles.